The van der Waals surface area contributed by atoms with E-state index in [2.05, 4.69) is 14.8 Å². The number of esters is 3. The number of aryl methyl sites for hydroxylation is 2. The Morgan fingerprint density at radius 3 is 2.00 bits per heavy atom. The largest absolute Gasteiger partial charge is 0.465 e. The highest BCUT2D eigenvalue weighted by atomic mass is 32.1. The lowest BCUT2D eigenvalue weighted by molar-refractivity contribution is -0.119. The Labute approximate surface area is 171 Å². The first kappa shape index (κ1) is 22.1. The van der Waals surface area contributed by atoms with Crippen LogP contribution in [0.4, 0.5) is 5.69 Å². The lowest BCUT2D eigenvalue weighted by Crippen LogP contribution is -2.21. The van der Waals surface area contributed by atoms with Crippen molar-refractivity contribution < 1.29 is 33.4 Å². The van der Waals surface area contributed by atoms with Crippen molar-refractivity contribution in [2.45, 2.75) is 20.3 Å². The maximum absolute atomic E-state index is 12.2. The molecule has 0 bridgehead atoms. The van der Waals surface area contributed by atoms with Gasteiger partial charge in [0.2, 0.25) is 0 Å². The molecule has 0 unspecified atom stereocenters. The fourth-order valence-electron chi connectivity index (χ4n) is 2.54. The third-order valence-electron chi connectivity index (χ3n) is 3.94. The van der Waals surface area contributed by atoms with Crippen molar-refractivity contribution in [3.63, 3.8) is 0 Å². The van der Waals surface area contributed by atoms with E-state index in [1.165, 1.54) is 43.8 Å². The summed E-state index contributed by atoms with van der Waals surface area (Å²) in [5.74, 6) is -2.58. The molecule has 1 heterocycles. The summed E-state index contributed by atoms with van der Waals surface area (Å²) < 4.78 is 14.3. The molecule has 0 saturated carbocycles. The molecule has 0 saturated heterocycles. The van der Waals surface area contributed by atoms with Crippen molar-refractivity contribution in [1.29, 1.82) is 0 Å². The third-order valence-corrected chi connectivity index (χ3v) is 5.30. The van der Waals surface area contributed by atoms with Crippen molar-refractivity contribution in [2.24, 2.45) is 0 Å². The maximum Gasteiger partial charge on any atom is 0.348 e. The summed E-state index contributed by atoms with van der Waals surface area (Å²) >= 11 is 1.33. The van der Waals surface area contributed by atoms with Gasteiger partial charge in [-0.05, 0) is 43.2 Å². The van der Waals surface area contributed by atoms with Crippen LogP contribution in [0.3, 0.4) is 0 Å². The lowest BCUT2D eigenvalue weighted by Gasteiger charge is -2.10. The number of nitrogens with one attached hydrogen (secondary N) is 1. The van der Waals surface area contributed by atoms with Gasteiger partial charge in [-0.1, -0.05) is 6.92 Å². The average molecular weight is 419 g/mol. The van der Waals surface area contributed by atoms with Crippen LogP contribution in [0.2, 0.25) is 0 Å². The molecule has 1 aromatic carbocycles. The zero-order chi connectivity index (χ0) is 21.6. The number of carbonyl (C=O) groups is 4. The molecule has 0 aliphatic carbocycles. The van der Waals surface area contributed by atoms with E-state index in [9.17, 15) is 19.2 Å². The topological polar surface area (TPSA) is 108 Å². The Kier molecular flexibility index (Phi) is 7.49. The molecule has 1 amide bonds. The summed E-state index contributed by atoms with van der Waals surface area (Å²) in [6.07, 6.45) is 0.809. The number of ether oxygens (including phenoxy) is 3. The summed E-state index contributed by atoms with van der Waals surface area (Å²) in [5.41, 5.74) is 1.28. The van der Waals surface area contributed by atoms with Gasteiger partial charge in [0, 0.05) is 10.6 Å². The monoisotopic (exact) mass is 419 g/mol. The second-order valence-corrected chi connectivity index (χ2v) is 7.11. The second-order valence-electron chi connectivity index (χ2n) is 5.98. The molecule has 2 aromatic rings. The number of rotatable bonds is 7. The van der Waals surface area contributed by atoms with E-state index in [0.29, 0.717) is 4.88 Å². The Morgan fingerprint density at radius 1 is 0.931 bits per heavy atom. The standard InChI is InChI=1S/C20H21NO7S/c1-5-15-11(2)6-16(29-15)20(25)28-10-17(22)21-14-8-12(18(23)26-3)7-13(9-14)19(24)27-4/h6-9H,5,10H2,1-4H3,(H,21,22). The summed E-state index contributed by atoms with van der Waals surface area (Å²) in [7, 11) is 2.39. The number of amides is 1. The molecule has 154 valence electrons. The van der Waals surface area contributed by atoms with Crippen LogP contribution in [-0.2, 0) is 25.4 Å². The fraction of sp³-hybridized carbons (Fsp3) is 0.300. The van der Waals surface area contributed by atoms with Crippen molar-refractivity contribution in [3.8, 4) is 0 Å². The van der Waals surface area contributed by atoms with Gasteiger partial charge in [0.15, 0.2) is 6.61 Å². The molecule has 0 fully saturated rings. The van der Waals surface area contributed by atoms with Crippen molar-refractivity contribution in [3.05, 3.63) is 50.7 Å². The van der Waals surface area contributed by atoms with Gasteiger partial charge >= 0.3 is 17.9 Å². The van der Waals surface area contributed by atoms with Gasteiger partial charge < -0.3 is 19.5 Å². The van der Waals surface area contributed by atoms with Crippen LogP contribution < -0.4 is 5.32 Å². The van der Waals surface area contributed by atoms with Crippen LogP contribution in [0.25, 0.3) is 0 Å². The number of methoxy groups -OCH3 is 2. The van der Waals surface area contributed by atoms with Gasteiger partial charge in [0.25, 0.3) is 5.91 Å². The fourth-order valence-corrected chi connectivity index (χ4v) is 3.55. The highest BCUT2D eigenvalue weighted by Crippen LogP contribution is 2.23. The van der Waals surface area contributed by atoms with Gasteiger partial charge in [-0.25, -0.2) is 14.4 Å². The Balaban J connectivity index is 2.08. The van der Waals surface area contributed by atoms with Crippen LogP contribution in [0.15, 0.2) is 24.3 Å². The maximum atomic E-state index is 12.2. The van der Waals surface area contributed by atoms with E-state index < -0.39 is 30.4 Å². The molecule has 2 rings (SSSR count). The van der Waals surface area contributed by atoms with Gasteiger partial charge in [-0.3, -0.25) is 4.79 Å². The van der Waals surface area contributed by atoms with Crippen LogP contribution in [-0.4, -0.2) is 44.6 Å². The Morgan fingerprint density at radius 2 is 1.52 bits per heavy atom. The molecular weight excluding hydrogens is 398 g/mol. The van der Waals surface area contributed by atoms with Gasteiger partial charge in [0.1, 0.15) is 4.88 Å². The first-order valence-electron chi connectivity index (χ1n) is 8.67. The molecule has 1 N–H and O–H groups in total. The van der Waals surface area contributed by atoms with Gasteiger partial charge in [0.05, 0.1) is 25.3 Å². The normalized spacial score (nSPS) is 10.2. The Hall–Kier alpha value is -3.20. The van der Waals surface area contributed by atoms with Crippen LogP contribution in [0, 0.1) is 6.92 Å². The van der Waals surface area contributed by atoms with Crippen molar-refractivity contribution in [1.82, 2.24) is 0 Å². The van der Waals surface area contributed by atoms with E-state index in [1.54, 1.807) is 6.07 Å². The molecule has 1 aromatic heterocycles. The highest BCUT2D eigenvalue weighted by Gasteiger charge is 2.17. The van der Waals surface area contributed by atoms with E-state index in [-0.39, 0.29) is 16.8 Å². The van der Waals surface area contributed by atoms with Crippen LogP contribution >= 0.6 is 11.3 Å². The Bertz CT molecular complexity index is 914. The zero-order valence-electron chi connectivity index (χ0n) is 16.5. The average Bonchev–Trinajstić information content (AvgIpc) is 3.11. The predicted molar refractivity (Wildman–Crippen MR) is 106 cm³/mol. The van der Waals surface area contributed by atoms with E-state index in [0.717, 1.165) is 16.9 Å². The van der Waals surface area contributed by atoms with E-state index in [4.69, 9.17) is 4.74 Å². The van der Waals surface area contributed by atoms with Crippen LogP contribution in [0.1, 0.15) is 47.8 Å². The number of thiophene rings is 1. The molecule has 0 atom stereocenters. The smallest absolute Gasteiger partial charge is 0.348 e. The molecule has 0 aliphatic heterocycles. The number of carbonyl (C=O) groups excluding carboxylic acids is 4. The van der Waals surface area contributed by atoms with Gasteiger partial charge in [-0.15, -0.1) is 11.3 Å². The lowest BCUT2D eigenvalue weighted by atomic mass is 10.1. The SMILES string of the molecule is CCc1sc(C(=O)OCC(=O)Nc2cc(C(=O)OC)cc(C(=O)OC)c2)cc1C. The highest BCUT2D eigenvalue weighted by molar-refractivity contribution is 7.14. The summed E-state index contributed by atoms with van der Waals surface area (Å²) in [6, 6.07) is 5.70. The quantitative estimate of drug-likeness (QED) is 0.543. The summed E-state index contributed by atoms with van der Waals surface area (Å²) in [5, 5.41) is 2.49. The van der Waals surface area contributed by atoms with E-state index in [1.807, 2.05) is 13.8 Å². The number of anilines is 1. The first-order chi connectivity index (χ1) is 13.8. The number of benzene rings is 1. The molecule has 0 spiro atoms. The molecule has 9 heteroatoms. The molecule has 0 aliphatic rings. The summed E-state index contributed by atoms with van der Waals surface area (Å²) in [6.45, 7) is 3.38. The predicted octanol–water partition coefficient (Wildman–Crippen LogP) is 2.99. The number of hydrogen-bond acceptors (Lipinski definition) is 8. The summed E-state index contributed by atoms with van der Waals surface area (Å²) in [4.78, 5) is 49.4. The minimum atomic E-state index is -0.683. The second kappa shape index (κ2) is 9.83. The van der Waals surface area contributed by atoms with Gasteiger partial charge in [-0.2, -0.15) is 0 Å². The third kappa shape index (κ3) is 5.64. The van der Waals surface area contributed by atoms with E-state index >= 15 is 0 Å². The van der Waals surface area contributed by atoms with Crippen molar-refractivity contribution in [2.75, 3.05) is 26.1 Å². The molecule has 29 heavy (non-hydrogen) atoms. The van der Waals surface area contributed by atoms with Crippen molar-refractivity contribution >= 4 is 40.8 Å². The molecular formula is C20H21NO7S. The molecule has 0 radical (unpaired) electrons. The number of hydrogen-bond donors (Lipinski definition) is 1. The minimum absolute atomic E-state index is 0.0591. The first-order valence-corrected chi connectivity index (χ1v) is 9.48. The minimum Gasteiger partial charge on any atom is -0.465 e. The molecule has 8 nitrogen and oxygen atoms in total. The zero-order valence-corrected chi connectivity index (χ0v) is 17.3. The van der Waals surface area contributed by atoms with Crippen LogP contribution in [0.5, 0.6) is 0 Å².